The maximum Gasteiger partial charge on any atom is 0.229 e. The highest BCUT2D eigenvalue weighted by molar-refractivity contribution is 5.96. The van der Waals surface area contributed by atoms with Crippen molar-refractivity contribution in [3.8, 4) is 0 Å². The molecule has 0 saturated carbocycles. The largest absolute Gasteiger partial charge is 0.388 e. The molecular formula is C20H19N3O3. The van der Waals surface area contributed by atoms with Crippen molar-refractivity contribution >= 4 is 11.6 Å². The summed E-state index contributed by atoms with van der Waals surface area (Å²) in [7, 11) is 0. The quantitative estimate of drug-likeness (QED) is 0.766. The fourth-order valence-corrected chi connectivity index (χ4v) is 3.21. The first-order valence-corrected chi connectivity index (χ1v) is 8.61. The highest BCUT2D eigenvalue weighted by Crippen LogP contribution is 2.30. The molecule has 2 unspecified atom stereocenters. The van der Waals surface area contributed by atoms with Crippen molar-refractivity contribution in [1.82, 2.24) is 10.1 Å². The van der Waals surface area contributed by atoms with Crippen LogP contribution in [-0.2, 0) is 11.2 Å². The minimum atomic E-state index is -0.699. The number of hydrogen-bond donors (Lipinski definition) is 1. The summed E-state index contributed by atoms with van der Waals surface area (Å²) in [6.45, 7) is 0.531. The van der Waals surface area contributed by atoms with Crippen molar-refractivity contribution < 1.29 is 14.4 Å². The summed E-state index contributed by atoms with van der Waals surface area (Å²) in [4.78, 5) is 18.5. The average molecular weight is 349 g/mol. The SMILES string of the molecule is O=C1CC(c2noc(CC(O)c3ccccc3)n2)CN1c1ccccc1. The predicted octanol–water partition coefficient (Wildman–Crippen LogP) is 2.87. The summed E-state index contributed by atoms with van der Waals surface area (Å²) >= 11 is 0. The lowest BCUT2D eigenvalue weighted by molar-refractivity contribution is -0.117. The first-order valence-electron chi connectivity index (χ1n) is 8.61. The zero-order chi connectivity index (χ0) is 17.9. The first kappa shape index (κ1) is 16.5. The molecule has 6 heteroatoms. The molecule has 1 fully saturated rings. The van der Waals surface area contributed by atoms with Gasteiger partial charge in [0.1, 0.15) is 0 Å². The van der Waals surface area contributed by atoms with Crippen molar-refractivity contribution in [2.75, 3.05) is 11.4 Å². The Labute approximate surface area is 151 Å². The van der Waals surface area contributed by atoms with E-state index >= 15 is 0 Å². The predicted molar refractivity (Wildman–Crippen MR) is 95.6 cm³/mol. The summed E-state index contributed by atoms with van der Waals surface area (Å²) < 4.78 is 5.29. The van der Waals surface area contributed by atoms with Gasteiger partial charge in [0.05, 0.1) is 12.5 Å². The molecule has 2 heterocycles. The van der Waals surface area contributed by atoms with Crippen LogP contribution in [0.15, 0.2) is 65.2 Å². The van der Waals surface area contributed by atoms with Crippen LogP contribution in [0.25, 0.3) is 0 Å². The van der Waals surface area contributed by atoms with Crippen LogP contribution < -0.4 is 4.90 Å². The summed E-state index contributed by atoms with van der Waals surface area (Å²) in [6.07, 6.45) is -0.0923. The molecule has 0 spiro atoms. The lowest BCUT2D eigenvalue weighted by atomic mass is 10.1. The number of carbonyl (C=O) groups is 1. The van der Waals surface area contributed by atoms with Crippen LogP contribution in [0.3, 0.4) is 0 Å². The van der Waals surface area contributed by atoms with Gasteiger partial charge in [-0.25, -0.2) is 0 Å². The van der Waals surface area contributed by atoms with E-state index in [9.17, 15) is 9.90 Å². The van der Waals surface area contributed by atoms with Crippen LogP contribution in [0.2, 0.25) is 0 Å². The zero-order valence-electron chi connectivity index (χ0n) is 14.2. The van der Waals surface area contributed by atoms with Crippen LogP contribution in [0.5, 0.6) is 0 Å². The van der Waals surface area contributed by atoms with E-state index in [0.29, 0.717) is 24.7 Å². The van der Waals surface area contributed by atoms with Gasteiger partial charge in [0.2, 0.25) is 11.8 Å². The Bertz CT molecular complexity index is 880. The van der Waals surface area contributed by atoms with E-state index < -0.39 is 6.10 Å². The molecule has 2 atom stereocenters. The number of nitrogens with zero attached hydrogens (tertiary/aromatic N) is 3. The van der Waals surface area contributed by atoms with E-state index in [1.165, 1.54) is 0 Å². The molecule has 1 aliphatic heterocycles. The van der Waals surface area contributed by atoms with E-state index in [1.807, 2.05) is 60.7 Å². The molecule has 1 N–H and O–H groups in total. The standard InChI is InChI=1S/C20H19N3O3/c24-17(14-7-3-1-4-8-14)12-18-21-20(22-26-18)15-11-19(25)23(13-15)16-9-5-2-6-10-16/h1-10,15,17,24H,11-13H2. The molecule has 132 valence electrons. The maximum absolute atomic E-state index is 12.3. The monoisotopic (exact) mass is 349 g/mol. The lowest BCUT2D eigenvalue weighted by Gasteiger charge is -2.15. The summed E-state index contributed by atoms with van der Waals surface area (Å²) in [5, 5.41) is 14.3. The van der Waals surface area contributed by atoms with Gasteiger partial charge >= 0.3 is 0 Å². The van der Waals surface area contributed by atoms with Crippen molar-refractivity contribution in [1.29, 1.82) is 0 Å². The van der Waals surface area contributed by atoms with Crippen LogP contribution in [0, 0.1) is 0 Å². The molecule has 4 rings (SSSR count). The smallest absolute Gasteiger partial charge is 0.229 e. The third-order valence-electron chi connectivity index (χ3n) is 4.59. The maximum atomic E-state index is 12.3. The lowest BCUT2D eigenvalue weighted by Crippen LogP contribution is -2.24. The van der Waals surface area contributed by atoms with Crippen LogP contribution in [-0.4, -0.2) is 27.7 Å². The number of aromatic nitrogens is 2. The summed E-state index contributed by atoms with van der Waals surface area (Å²) in [5.41, 5.74) is 1.68. The van der Waals surface area contributed by atoms with Crippen molar-refractivity contribution in [2.24, 2.45) is 0 Å². The molecule has 1 saturated heterocycles. The highest BCUT2D eigenvalue weighted by Gasteiger charge is 2.34. The Hall–Kier alpha value is -2.99. The van der Waals surface area contributed by atoms with Crippen LogP contribution in [0.4, 0.5) is 5.69 Å². The Morgan fingerprint density at radius 1 is 1.12 bits per heavy atom. The van der Waals surface area contributed by atoms with Crippen molar-refractivity contribution in [3.05, 3.63) is 77.9 Å². The Kier molecular flexibility index (Phi) is 4.50. The molecule has 2 aromatic carbocycles. The van der Waals surface area contributed by atoms with Gasteiger partial charge < -0.3 is 14.5 Å². The second kappa shape index (κ2) is 7.09. The number of para-hydroxylation sites is 1. The molecule has 1 aromatic heterocycles. The summed E-state index contributed by atoms with van der Waals surface area (Å²) in [6, 6.07) is 18.9. The third-order valence-corrected chi connectivity index (χ3v) is 4.59. The highest BCUT2D eigenvalue weighted by atomic mass is 16.5. The molecule has 0 aliphatic carbocycles. The number of rotatable bonds is 5. The number of benzene rings is 2. The number of aliphatic hydroxyl groups excluding tert-OH is 1. The van der Waals surface area contributed by atoms with E-state index in [4.69, 9.17) is 4.52 Å². The second-order valence-electron chi connectivity index (χ2n) is 6.42. The van der Waals surface area contributed by atoms with Gasteiger partial charge in [-0.3, -0.25) is 4.79 Å². The molecule has 1 aliphatic rings. The van der Waals surface area contributed by atoms with Crippen molar-refractivity contribution in [2.45, 2.75) is 24.9 Å². The van der Waals surface area contributed by atoms with Gasteiger partial charge in [0.25, 0.3) is 0 Å². The fraction of sp³-hybridized carbons (Fsp3) is 0.250. The Morgan fingerprint density at radius 2 is 1.81 bits per heavy atom. The topological polar surface area (TPSA) is 79.5 Å². The normalized spacial score (nSPS) is 18.3. The van der Waals surface area contributed by atoms with Gasteiger partial charge in [-0.15, -0.1) is 0 Å². The zero-order valence-corrected chi connectivity index (χ0v) is 14.2. The Morgan fingerprint density at radius 3 is 2.54 bits per heavy atom. The molecule has 6 nitrogen and oxygen atoms in total. The number of amides is 1. The average Bonchev–Trinajstić information content (AvgIpc) is 3.30. The molecule has 0 bridgehead atoms. The van der Waals surface area contributed by atoms with Crippen molar-refractivity contribution in [3.63, 3.8) is 0 Å². The second-order valence-corrected chi connectivity index (χ2v) is 6.42. The number of hydrogen-bond acceptors (Lipinski definition) is 5. The number of carbonyl (C=O) groups excluding carboxylic acids is 1. The van der Waals surface area contributed by atoms with Gasteiger partial charge in [0.15, 0.2) is 5.82 Å². The molecule has 0 radical (unpaired) electrons. The van der Waals surface area contributed by atoms with Crippen LogP contribution in [0.1, 0.15) is 35.7 Å². The summed E-state index contributed by atoms with van der Waals surface area (Å²) in [5.74, 6) is 0.847. The number of anilines is 1. The van der Waals surface area contributed by atoms with Gasteiger partial charge in [-0.2, -0.15) is 4.98 Å². The van der Waals surface area contributed by atoms with Gasteiger partial charge in [0, 0.05) is 24.6 Å². The van der Waals surface area contributed by atoms with E-state index in [0.717, 1.165) is 11.3 Å². The number of aliphatic hydroxyl groups is 1. The first-order chi connectivity index (χ1) is 12.7. The fourth-order valence-electron chi connectivity index (χ4n) is 3.21. The van der Waals surface area contributed by atoms with E-state index in [1.54, 1.807) is 4.90 Å². The van der Waals surface area contributed by atoms with E-state index in [-0.39, 0.29) is 18.2 Å². The molecule has 26 heavy (non-hydrogen) atoms. The van der Waals surface area contributed by atoms with E-state index in [2.05, 4.69) is 10.1 Å². The molecular weight excluding hydrogens is 330 g/mol. The minimum absolute atomic E-state index is 0.0527. The molecule has 3 aromatic rings. The van der Waals surface area contributed by atoms with Gasteiger partial charge in [-0.1, -0.05) is 53.7 Å². The van der Waals surface area contributed by atoms with Gasteiger partial charge in [-0.05, 0) is 17.7 Å². The minimum Gasteiger partial charge on any atom is -0.388 e. The third kappa shape index (κ3) is 3.36. The molecule has 1 amide bonds. The van der Waals surface area contributed by atoms with Crippen LogP contribution >= 0.6 is 0 Å². The Balaban J connectivity index is 1.44.